The number of rotatable bonds is 3. The topological polar surface area (TPSA) is 66.6 Å². The zero-order chi connectivity index (χ0) is 15.7. The summed E-state index contributed by atoms with van der Waals surface area (Å²) >= 11 is 0. The van der Waals surface area contributed by atoms with Crippen LogP contribution in [-0.4, -0.2) is 35.1 Å². The first-order chi connectivity index (χ1) is 9.00. The largest absolute Gasteiger partial charge is 0.416 e. The average molecular weight is 290 g/mol. The predicted molar refractivity (Wildman–Crippen MR) is 69.1 cm³/mol. The summed E-state index contributed by atoms with van der Waals surface area (Å²) in [6.07, 6.45) is -4.55. The first-order valence-electron chi connectivity index (χ1n) is 5.86. The van der Waals surface area contributed by atoms with Crippen LogP contribution in [0.2, 0.25) is 0 Å². The second-order valence-electron chi connectivity index (χ2n) is 5.13. The lowest BCUT2D eigenvalue weighted by atomic mass is 10.0. The minimum Gasteiger partial charge on any atom is -0.398 e. The number of aliphatic hydroxyl groups is 1. The molecule has 0 aromatic heterocycles. The van der Waals surface area contributed by atoms with Crippen molar-refractivity contribution in [3.05, 3.63) is 29.3 Å². The summed E-state index contributed by atoms with van der Waals surface area (Å²) in [4.78, 5) is 13.4. The zero-order valence-electron chi connectivity index (χ0n) is 11.5. The van der Waals surface area contributed by atoms with E-state index in [4.69, 9.17) is 5.73 Å². The quantitative estimate of drug-likeness (QED) is 0.838. The highest BCUT2D eigenvalue weighted by Gasteiger charge is 2.33. The monoisotopic (exact) mass is 290 g/mol. The van der Waals surface area contributed by atoms with E-state index in [9.17, 15) is 23.1 Å². The van der Waals surface area contributed by atoms with Crippen molar-refractivity contribution < 1.29 is 23.1 Å². The number of carbonyl (C=O) groups is 1. The number of aliphatic hydroxyl groups excluding tert-OH is 1. The van der Waals surface area contributed by atoms with Gasteiger partial charge in [-0.3, -0.25) is 4.79 Å². The van der Waals surface area contributed by atoms with Crippen molar-refractivity contribution in [2.24, 2.45) is 0 Å². The number of halogens is 3. The van der Waals surface area contributed by atoms with Crippen molar-refractivity contribution in [1.82, 2.24) is 4.90 Å². The van der Waals surface area contributed by atoms with Crippen molar-refractivity contribution in [1.29, 1.82) is 0 Å². The van der Waals surface area contributed by atoms with Crippen molar-refractivity contribution >= 4 is 11.6 Å². The van der Waals surface area contributed by atoms with Crippen LogP contribution in [0.3, 0.4) is 0 Å². The lowest BCUT2D eigenvalue weighted by molar-refractivity contribution is -0.137. The van der Waals surface area contributed by atoms with Gasteiger partial charge in [0.25, 0.3) is 5.91 Å². The molecule has 0 unspecified atom stereocenters. The molecule has 112 valence electrons. The molecular formula is C13H17F3N2O2. The number of carbonyl (C=O) groups excluding carboxylic acids is 1. The molecule has 1 rings (SSSR count). The molecule has 0 bridgehead atoms. The molecule has 1 aromatic rings. The lowest BCUT2D eigenvalue weighted by Crippen LogP contribution is -2.47. The summed E-state index contributed by atoms with van der Waals surface area (Å²) in [5, 5.41) is 9.21. The normalized spacial score (nSPS) is 12.3. The first-order valence-corrected chi connectivity index (χ1v) is 5.86. The van der Waals surface area contributed by atoms with E-state index >= 15 is 0 Å². The van der Waals surface area contributed by atoms with Gasteiger partial charge in [0, 0.05) is 12.7 Å². The van der Waals surface area contributed by atoms with E-state index in [0.29, 0.717) is 0 Å². The SMILES string of the molecule is CN(C(=O)c1cc(C(F)(F)F)ccc1N)C(C)(C)CO. The summed E-state index contributed by atoms with van der Waals surface area (Å²) in [7, 11) is 1.40. The Labute approximate surface area is 115 Å². The minimum absolute atomic E-state index is 0.0383. The van der Waals surface area contributed by atoms with E-state index < -0.39 is 23.2 Å². The number of hydrogen-bond acceptors (Lipinski definition) is 3. The zero-order valence-corrected chi connectivity index (χ0v) is 11.5. The van der Waals surface area contributed by atoms with Crippen LogP contribution in [0.5, 0.6) is 0 Å². The molecule has 0 saturated heterocycles. The van der Waals surface area contributed by atoms with Crippen LogP contribution in [0, 0.1) is 0 Å². The molecule has 0 aliphatic rings. The van der Waals surface area contributed by atoms with Crippen molar-refractivity contribution in [3.8, 4) is 0 Å². The maximum atomic E-state index is 12.7. The molecule has 7 heteroatoms. The van der Waals surface area contributed by atoms with E-state index in [1.807, 2.05) is 0 Å². The van der Waals surface area contributed by atoms with Crippen LogP contribution in [-0.2, 0) is 6.18 Å². The van der Waals surface area contributed by atoms with Crippen molar-refractivity contribution in [2.45, 2.75) is 25.6 Å². The van der Waals surface area contributed by atoms with Crippen LogP contribution >= 0.6 is 0 Å². The Balaban J connectivity index is 3.23. The van der Waals surface area contributed by atoms with E-state index in [2.05, 4.69) is 0 Å². The van der Waals surface area contributed by atoms with Crippen LogP contribution < -0.4 is 5.73 Å². The van der Waals surface area contributed by atoms with Gasteiger partial charge >= 0.3 is 6.18 Å². The van der Waals surface area contributed by atoms with Gasteiger partial charge in [-0.1, -0.05) is 0 Å². The van der Waals surface area contributed by atoms with Gasteiger partial charge in [-0.05, 0) is 32.0 Å². The minimum atomic E-state index is -4.55. The number of likely N-dealkylation sites (N-methyl/N-ethyl adjacent to an activating group) is 1. The fraction of sp³-hybridized carbons (Fsp3) is 0.462. The van der Waals surface area contributed by atoms with Gasteiger partial charge in [0.15, 0.2) is 0 Å². The van der Waals surface area contributed by atoms with E-state index in [1.165, 1.54) is 11.9 Å². The number of anilines is 1. The smallest absolute Gasteiger partial charge is 0.398 e. The predicted octanol–water partition coefficient (Wildman–Crippen LogP) is 2.13. The van der Waals surface area contributed by atoms with Crippen molar-refractivity contribution in [2.75, 3.05) is 19.4 Å². The highest BCUT2D eigenvalue weighted by atomic mass is 19.4. The summed E-state index contributed by atoms with van der Waals surface area (Å²) in [5.41, 5.74) is 3.46. The molecule has 0 spiro atoms. The van der Waals surface area contributed by atoms with Crippen LogP contribution in [0.15, 0.2) is 18.2 Å². The van der Waals surface area contributed by atoms with Crippen LogP contribution in [0.1, 0.15) is 29.8 Å². The average Bonchev–Trinajstić information content (AvgIpc) is 2.36. The maximum Gasteiger partial charge on any atom is 0.416 e. The maximum absolute atomic E-state index is 12.7. The molecule has 0 aliphatic heterocycles. The molecule has 0 aliphatic carbocycles. The van der Waals surface area contributed by atoms with Crippen LogP contribution in [0.4, 0.5) is 18.9 Å². The number of nitrogens with zero attached hydrogens (tertiary/aromatic N) is 1. The van der Waals surface area contributed by atoms with E-state index in [-0.39, 0.29) is 17.9 Å². The number of hydrogen-bond donors (Lipinski definition) is 2. The number of amides is 1. The summed E-state index contributed by atoms with van der Waals surface area (Å²) in [5.74, 6) is -0.673. The molecule has 0 radical (unpaired) electrons. The molecule has 3 N–H and O–H groups in total. The molecule has 20 heavy (non-hydrogen) atoms. The van der Waals surface area contributed by atoms with E-state index in [0.717, 1.165) is 18.2 Å². The molecule has 4 nitrogen and oxygen atoms in total. The standard InChI is InChI=1S/C13H17F3N2O2/c1-12(2,7-19)18(3)11(20)9-6-8(13(14,15)16)4-5-10(9)17/h4-6,19H,7,17H2,1-3H3. The second kappa shape index (κ2) is 5.32. The van der Waals surface area contributed by atoms with Gasteiger partial charge in [0.2, 0.25) is 0 Å². The third-order valence-electron chi connectivity index (χ3n) is 3.21. The Bertz CT molecular complexity index is 513. The van der Waals surface area contributed by atoms with E-state index in [1.54, 1.807) is 13.8 Å². The summed E-state index contributed by atoms with van der Waals surface area (Å²) in [6, 6.07) is 2.60. The molecular weight excluding hydrogens is 273 g/mol. The number of nitrogen functional groups attached to an aromatic ring is 1. The third-order valence-corrected chi connectivity index (χ3v) is 3.21. The van der Waals surface area contributed by atoms with Gasteiger partial charge < -0.3 is 15.7 Å². The fourth-order valence-corrected chi connectivity index (χ4v) is 1.48. The Morgan fingerprint density at radius 1 is 1.35 bits per heavy atom. The van der Waals surface area contributed by atoms with Gasteiger partial charge in [-0.25, -0.2) is 0 Å². The second-order valence-corrected chi connectivity index (χ2v) is 5.13. The fourth-order valence-electron chi connectivity index (χ4n) is 1.48. The summed E-state index contributed by atoms with van der Waals surface area (Å²) in [6.45, 7) is 2.86. The Hall–Kier alpha value is -1.76. The Morgan fingerprint density at radius 3 is 2.35 bits per heavy atom. The molecule has 0 heterocycles. The van der Waals surface area contributed by atoms with Gasteiger partial charge in [-0.2, -0.15) is 13.2 Å². The Kier molecular flexibility index (Phi) is 4.33. The van der Waals surface area contributed by atoms with Gasteiger partial charge in [0.05, 0.1) is 23.3 Å². The molecule has 1 amide bonds. The number of benzene rings is 1. The van der Waals surface area contributed by atoms with Gasteiger partial charge in [-0.15, -0.1) is 0 Å². The third kappa shape index (κ3) is 3.22. The van der Waals surface area contributed by atoms with Crippen molar-refractivity contribution in [3.63, 3.8) is 0 Å². The highest BCUT2D eigenvalue weighted by molar-refractivity contribution is 5.99. The number of nitrogens with two attached hydrogens (primary N) is 1. The highest BCUT2D eigenvalue weighted by Crippen LogP contribution is 2.32. The van der Waals surface area contributed by atoms with Crippen LogP contribution in [0.25, 0.3) is 0 Å². The summed E-state index contributed by atoms with van der Waals surface area (Å²) < 4.78 is 38.0. The molecule has 1 aromatic carbocycles. The lowest BCUT2D eigenvalue weighted by Gasteiger charge is -2.34. The molecule has 0 atom stereocenters. The molecule has 0 fully saturated rings. The molecule has 0 saturated carbocycles. The first kappa shape index (κ1) is 16.3. The Morgan fingerprint density at radius 2 is 1.90 bits per heavy atom. The number of alkyl halides is 3. The van der Waals surface area contributed by atoms with Gasteiger partial charge in [0.1, 0.15) is 0 Å².